The highest BCUT2D eigenvalue weighted by molar-refractivity contribution is 5.54. The third-order valence-corrected chi connectivity index (χ3v) is 3.41. The topological polar surface area (TPSA) is 21.3 Å². The van der Waals surface area contributed by atoms with E-state index in [1.807, 2.05) is 0 Å². The predicted octanol–water partition coefficient (Wildman–Crippen LogP) is 3.15. The van der Waals surface area contributed by atoms with E-state index < -0.39 is 0 Å². The molecule has 0 unspecified atom stereocenters. The second-order valence-corrected chi connectivity index (χ2v) is 4.47. The third kappa shape index (κ3) is 2.56. The van der Waals surface area contributed by atoms with Crippen molar-refractivity contribution in [3.63, 3.8) is 0 Å². The molecule has 1 heterocycles. The van der Waals surface area contributed by atoms with Crippen molar-refractivity contribution in [2.24, 2.45) is 0 Å². The minimum Gasteiger partial charge on any atom is -0.382 e. The van der Waals surface area contributed by atoms with Gasteiger partial charge in [0.1, 0.15) is 0 Å². The number of hydrogen-bond acceptors (Lipinski definition) is 2. The summed E-state index contributed by atoms with van der Waals surface area (Å²) in [6.45, 7) is 6.20. The van der Waals surface area contributed by atoms with Crippen LogP contribution in [0.4, 0.5) is 5.69 Å². The summed E-state index contributed by atoms with van der Waals surface area (Å²) in [4.78, 5) is 0. The van der Waals surface area contributed by atoms with E-state index >= 15 is 0 Å². The Kier molecular flexibility index (Phi) is 3.83. The van der Waals surface area contributed by atoms with Gasteiger partial charge in [-0.15, -0.1) is 0 Å². The maximum absolute atomic E-state index is 5.37. The van der Waals surface area contributed by atoms with Gasteiger partial charge in [-0.3, -0.25) is 0 Å². The Bertz CT molecular complexity index is 343. The smallest absolute Gasteiger partial charge is 0.0485 e. The number of anilines is 1. The zero-order chi connectivity index (χ0) is 11.4. The lowest BCUT2D eigenvalue weighted by molar-refractivity contribution is 0.0904. The molecular formula is C14H21NO. The molecule has 16 heavy (non-hydrogen) atoms. The summed E-state index contributed by atoms with van der Waals surface area (Å²) >= 11 is 0. The van der Waals surface area contributed by atoms with Crippen LogP contribution in [-0.4, -0.2) is 19.3 Å². The fourth-order valence-corrected chi connectivity index (χ4v) is 2.28. The molecule has 1 aromatic carbocycles. The van der Waals surface area contributed by atoms with E-state index in [0.717, 1.165) is 32.5 Å². The van der Waals surface area contributed by atoms with Gasteiger partial charge in [0.2, 0.25) is 0 Å². The maximum Gasteiger partial charge on any atom is 0.0485 e. The highest BCUT2D eigenvalue weighted by Crippen LogP contribution is 2.22. The summed E-state index contributed by atoms with van der Waals surface area (Å²) in [5.41, 5.74) is 4.14. The van der Waals surface area contributed by atoms with E-state index in [2.05, 4.69) is 37.4 Å². The van der Waals surface area contributed by atoms with Crippen LogP contribution in [-0.2, 0) is 11.2 Å². The molecule has 1 N–H and O–H groups in total. The average molecular weight is 219 g/mol. The van der Waals surface area contributed by atoms with Crippen molar-refractivity contribution in [3.05, 3.63) is 29.3 Å². The third-order valence-electron chi connectivity index (χ3n) is 3.41. The zero-order valence-corrected chi connectivity index (χ0v) is 10.3. The first kappa shape index (κ1) is 11.5. The van der Waals surface area contributed by atoms with Crippen molar-refractivity contribution in [3.8, 4) is 0 Å². The molecule has 1 aromatic rings. The predicted molar refractivity (Wildman–Crippen MR) is 68.0 cm³/mol. The molecule has 0 atom stereocenters. The van der Waals surface area contributed by atoms with Crippen LogP contribution in [0.5, 0.6) is 0 Å². The molecule has 2 heteroatoms. The number of benzene rings is 1. The van der Waals surface area contributed by atoms with Crippen LogP contribution < -0.4 is 5.32 Å². The van der Waals surface area contributed by atoms with Crippen molar-refractivity contribution in [1.29, 1.82) is 0 Å². The number of hydrogen-bond donors (Lipinski definition) is 1. The first-order chi connectivity index (χ1) is 7.81. The van der Waals surface area contributed by atoms with E-state index in [1.54, 1.807) is 0 Å². The Balaban J connectivity index is 2.08. The molecule has 0 bridgehead atoms. The van der Waals surface area contributed by atoms with Gasteiger partial charge in [-0.2, -0.15) is 0 Å². The summed E-state index contributed by atoms with van der Waals surface area (Å²) in [5, 5.41) is 3.64. The number of rotatable bonds is 3. The van der Waals surface area contributed by atoms with Crippen molar-refractivity contribution in [1.82, 2.24) is 0 Å². The molecule has 2 nitrogen and oxygen atoms in total. The molecule has 0 radical (unpaired) electrons. The van der Waals surface area contributed by atoms with Gasteiger partial charge in [0, 0.05) is 24.9 Å². The van der Waals surface area contributed by atoms with Gasteiger partial charge in [0.25, 0.3) is 0 Å². The van der Waals surface area contributed by atoms with Gasteiger partial charge < -0.3 is 10.1 Å². The highest BCUT2D eigenvalue weighted by Gasteiger charge is 2.14. The number of nitrogens with one attached hydrogen (secondary N) is 1. The second kappa shape index (κ2) is 5.35. The van der Waals surface area contributed by atoms with Gasteiger partial charge in [0.15, 0.2) is 0 Å². The Hall–Kier alpha value is -1.02. The molecule has 0 spiro atoms. The summed E-state index contributed by atoms with van der Waals surface area (Å²) in [5.74, 6) is 0. The molecule has 0 amide bonds. The SMILES string of the molecule is CCc1cccc(NC2CCOCC2)c1C. The highest BCUT2D eigenvalue weighted by atomic mass is 16.5. The number of aryl methyl sites for hydroxylation is 1. The molecule has 0 aliphatic carbocycles. The van der Waals surface area contributed by atoms with Crippen molar-refractivity contribution >= 4 is 5.69 Å². The molecule has 2 rings (SSSR count). The van der Waals surface area contributed by atoms with Crippen LogP contribution in [0.15, 0.2) is 18.2 Å². The molecule has 1 saturated heterocycles. The molecule has 1 aliphatic heterocycles. The molecule has 88 valence electrons. The van der Waals surface area contributed by atoms with Crippen LogP contribution in [0.2, 0.25) is 0 Å². The zero-order valence-electron chi connectivity index (χ0n) is 10.3. The minimum atomic E-state index is 0.583. The van der Waals surface area contributed by atoms with Crippen LogP contribution in [0, 0.1) is 6.92 Å². The Morgan fingerprint density at radius 2 is 2.06 bits per heavy atom. The Morgan fingerprint density at radius 1 is 1.31 bits per heavy atom. The van der Waals surface area contributed by atoms with Crippen LogP contribution in [0.25, 0.3) is 0 Å². The van der Waals surface area contributed by atoms with E-state index in [9.17, 15) is 0 Å². The fourth-order valence-electron chi connectivity index (χ4n) is 2.28. The van der Waals surface area contributed by atoms with Crippen LogP contribution >= 0.6 is 0 Å². The first-order valence-corrected chi connectivity index (χ1v) is 6.24. The standard InChI is InChI=1S/C14H21NO/c1-3-12-5-4-6-14(11(12)2)15-13-7-9-16-10-8-13/h4-6,13,15H,3,7-10H2,1-2H3. The van der Waals surface area contributed by atoms with E-state index in [-0.39, 0.29) is 0 Å². The van der Waals surface area contributed by atoms with E-state index in [1.165, 1.54) is 16.8 Å². The van der Waals surface area contributed by atoms with Crippen molar-refractivity contribution < 1.29 is 4.74 Å². The van der Waals surface area contributed by atoms with Gasteiger partial charge in [-0.1, -0.05) is 19.1 Å². The lowest BCUT2D eigenvalue weighted by atomic mass is 10.0. The summed E-state index contributed by atoms with van der Waals surface area (Å²) < 4.78 is 5.37. The van der Waals surface area contributed by atoms with Gasteiger partial charge in [0.05, 0.1) is 0 Å². The van der Waals surface area contributed by atoms with E-state index in [4.69, 9.17) is 4.74 Å². The van der Waals surface area contributed by atoms with Crippen LogP contribution in [0.3, 0.4) is 0 Å². The molecule has 1 fully saturated rings. The molecule has 0 aromatic heterocycles. The first-order valence-electron chi connectivity index (χ1n) is 6.24. The fraction of sp³-hybridized carbons (Fsp3) is 0.571. The lowest BCUT2D eigenvalue weighted by Crippen LogP contribution is -2.28. The van der Waals surface area contributed by atoms with Gasteiger partial charge in [-0.05, 0) is 43.4 Å². The van der Waals surface area contributed by atoms with Crippen molar-refractivity contribution in [2.75, 3.05) is 18.5 Å². The maximum atomic E-state index is 5.37. The number of ether oxygens (including phenoxy) is 1. The van der Waals surface area contributed by atoms with Gasteiger partial charge in [-0.25, -0.2) is 0 Å². The Labute approximate surface area is 98.0 Å². The minimum absolute atomic E-state index is 0.583. The molecule has 1 aliphatic rings. The molecule has 0 saturated carbocycles. The summed E-state index contributed by atoms with van der Waals surface area (Å²) in [6, 6.07) is 7.13. The Morgan fingerprint density at radius 3 is 2.75 bits per heavy atom. The largest absolute Gasteiger partial charge is 0.382 e. The van der Waals surface area contributed by atoms with Crippen molar-refractivity contribution in [2.45, 2.75) is 39.2 Å². The summed E-state index contributed by atoms with van der Waals surface area (Å²) in [6.07, 6.45) is 3.35. The lowest BCUT2D eigenvalue weighted by Gasteiger charge is -2.25. The average Bonchev–Trinajstić information content (AvgIpc) is 2.33. The molecular weight excluding hydrogens is 198 g/mol. The quantitative estimate of drug-likeness (QED) is 0.843. The second-order valence-electron chi connectivity index (χ2n) is 4.47. The monoisotopic (exact) mass is 219 g/mol. The van der Waals surface area contributed by atoms with Gasteiger partial charge >= 0.3 is 0 Å². The van der Waals surface area contributed by atoms with E-state index in [0.29, 0.717) is 6.04 Å². The summed E-state index contributed by atoms with van der Waals surface area (Å²) in [7, 11) is 0. The normalized spacial score (nSPS) is 17.4. The van der Waals surface area contributed by atoms with Crippen LogP contribution in [0.1, 0.15) is 30.9 Å².